The van der Waals surface area contributed by atoms with Crippen molar-refractivity contribution in [3.05, 3.63) is 0 Å². The molecule has 0 radical (unpaired) electrons. The lowest BCUT2D eigenvalue weighted by atomic mass is 9.89. The predicted molar refractivity (Wildman–Crippen MR) is 88.0 cm³/mol. The van der Waals surface area contributed by atoms with Gasteiger partial charge in [-0.25, -0.2) is 0 Å². The molecule has 2 N–H and O–H groups in total. The van der Waals surface area contributed by atoms with Crippen molar-refractivity contribution in [3.8, 4) is 0 Å². The van der Waals surface area contributed by atoms with Crippen LogP contribution in [0.2, 0.25) is 0 Å². The first-order chi connectivity index (χ1) is 10.1. The minimum Gasteiger partial charge on any atom is -0.376 e. The topological polar surface area (TPSA) is 51.8 Å². The molecule has 0 bridgehead atoms. The van der Waals surface area contributed by atoms with Gasteiger partial charge in [-0.3, -0.25) is 5.32 Å². The number of hydrogen-bond acceptors (Lipinski definition) is 5. The van der Waals surface area contributed by atoms with Crippen LogP contribution in [0.25, 0.3) is 0 Å². The van der Waals surface area contributed by atoms with Crippen molar-refractivity contribution in [1.82, 2.24) is 10.6 Å². The summed E-state index contributed by atoms with van der Waals surface area (Å²) in [6.07, 6.45) is 8.05. The van der Waals surface area contributed by atoms with Gasteiger partial charge in [0.25, 0.3) is 0 Å². The van der Waals surface area contributed by atoms with Crippen LogP contribution in [0.1, 0.15) is 52.4 Å². The maximum absolute atomic E-state index is 5.59. The second kappa shape index (κ2) is 9.92. The smallest absolute Gasteiger partial charge is 0.376 e. The summed E-state index contributed by atoms with van der Waals surface area (Å²) in [6, 6.07) is 0. The number of hydrogen-bond donors (Lipinski definition) is 2. The molecule has 1 aliphatic rings. The fourth-order valence-corrected chi connectivity index (χ4v) is 5.55. The Balaban J connectivity index is 2.43. The summed E-state index contributed by atoms with van der Waals surface area (Å²) in [6.45, 7) is 5.38. The summed E-state index contributed by atoms with van der Waals surface area (Å²) in [7, 11) is 2.38. The molecule has 1 rings (SSSR count). The predicted octanol–water partition coefficient (Wildman–Crippen LogP) is 2.29. The van der Waals surface area contributed by atoms with Crippen LogP contribution in [0.4, 0.5) is 0 Å². The molecule has 0 heterocycles. The van der Waals surface area contributed by atoms with E-state index >= 15 is 0 Å². The summed E-state index contributed by atoms with van der Waals surface area (Å²) < 4.78 is 16.8. The van der Waals surface area contributed by atoms with Crippen molar-refractivity contribution in [1.29, 1.82) is 0 Å². The highest BCUT2D eigenvalue weighted by atomic mass is 28.4. The molecule has 0 aromatic carbocycles. The van der Waals surface area contributed by atoms with E-state index in [0.29, 0.717) is 0 Å². The first-order valence-corrected chi connectivity index (χ1v) is 10.1. The van der Waals surface area contributed by atoms with E-state index in [-0.39, 0.29) is 11.8 Å². The molecular formula is C15H34N2O3Si. The van der Waals surface area contributed by atoms with Crippen LogP contribution in [0, 0.1) is 5.92 Å². The molecule has 1 fully saturated rings. The van der Waals surface area contributed by atoms with E-state index in [1.54, 1.807) is 21.3 Å². The Kier molecular flexibility index (Phi) is 9.00. The second-order valence-electron chi connectivity index (χ2n) is 5.98. The Morgan fingerprint density at radius 3 is 2.10 bits per heavy atom. The zero-order chi connectivity index (χ0) is 15.7. The van der Waals surface area contributed by atoms with Crippen molar-refractivity contribution in [2.75, 3.05) is 27.9 Å². The Bertz CT molecular complexity index is 263. The van der Waals surface area contributed by atoms with E-state index in [0.717, 1.165) is 18.9 Å². The van der Waals surface area contributed by atoms with Gasteiger partial charge in [-0.15, -0.1) is 0 Å². The number of rotatable bonds is 10. The minimum atomic E-state index is -2.63. The lowest BCUT2D eigenvalue weighted by Gasteiger charge is -2.35. The Morgan fingerprint density at radius 1 is 1.05 bits per heavy atom. The Labute approximate surface area is 131 Å². The van der Waals surface area contributed by atoms with Gasteiger partial charge >= 0.3 is 8.80 Å². The average molecular weight is 319 g/mol. The first-order valence-electron chi connectivity index (χ1n) is 8.26. The Morgan fingerprint density at radius 2 is 1.62 bits per heavy atom. The molecule has 2 atom stereocenters. The van der Waals surface area contributed by atoms with Crippen molar-refractivity contribution >= 4 is 8.80 Å². The van der Waals surface area contributed by atoms with Crippen molar-refractivity contribution in [3.63, 3.8) is 0 Å². The van der Waals surface area contributed by atoms with Gasteiger partial charge in [0.15, 0.2) is 0 Å². The van der Waals surface area contributed by atoms with Crippen LogP contribution in [-0.4, -0.2) is 48.5 Å². The van der Waals surface area contributed by atoms with Crippen LogP contribution in [0.3, 0.4) is 0 Å². The van der Waals surface area contributed by atoms with Crippen LogP contribution in [-0.2, 0) is 13.3 Å². The van der Waals surface area contributed by atoms with Gasteiger partial charge in [0.1, 0.15) is 0 Å². The third kappa shape index (κ3) is 5.62. The highest BCUT2D eigenvalue weighted by Gasteiger charge is 2.46. The first kappa shape index (κ1) is 19.1. The highest BCUT2D eigenvalue weighted by molar-refractivity contribution is 6.62. The van der Waals surface area contributed by atoms with Crippen LogP contribution in [0.5, 0.6) is 0 Å². The quantitative estimate of drug-likeness (QED) is 0.478. The van der Waals surface area contributed by atoms with E-state index in [1.807, 2.05) is 0 Å². The largest absolute Gasteiger partial charge is 0.518 e. The monoisotopic (exact) mass is 318 g/mol. The molecule has 126 valence electrons. The molecule has 1 aliphatic carbocycles. The average Bonchev–Trinajstić information content (AvgIpc) is 2.54. The molecule has 6 heteroatoms. The van der Waals surface area contributed by atoms with Crippen molar-refractivity contribution < 1.29 is 13.3 Å². The lowest BCUT2D eigenvalue weighted by Crippen LogP contribution is -2.63. The highest BCUT2D eigenvalue weighted by Crippen LogP contribution is 2.23. The molecule has 1 saturated carbocycles. The maximum atomic E-state index is 5.59. The third-order valence-corrected chi connectivity index (χ3v) is 7.71. The zero-order valence-electron chi connectivity index (χ0n) is 14.4. The van der Waals surface area contributed by atoms with Gasteiger partial charge in [0, 0.05) is 21.3 Å². The van der Waals surface area contributed by atoms with E-state index in [9.17, 15) is 0 Å². The SMILES string of the molecule is CCC(NC(C)NCC1CCCCC1)[Si](OC)(OC)OC. The molecule has 21 heavy (non-hydrogen) atoms. The third-order valence-electron chi connectivity index (χ3n) is 4.58. The van der Waals surface area contributed by atoms with E-state index in [1.165, 1.54) is 32.1 Å². The minimum absolute atomic E-state index is 0.103. The van der Waals surface area contributed by atoms with Crippen molar-refractivity contribution in [2.24, 2.45) is 5.92 Å². The van der Waals surface area contributed by atoms with Gasteiger partial charge in [-0.05, 0) is 38.6 Å². The normalized spacial score (nSPS) is 20.4. The van der Waals surface area contributed by atoms with Gasteiger partial charge < -0.3 is 18.6 Å². The summed E-state index contributed by atoms with van der Waals surface area (Å²) in [5.41, 5.74) is 0.103. The summed E-state index contributed by atoms with van der Waals surface area (Å²) in [5.74, 6) is 0.831. The second-order valence-corrected chi connectivity index (χ2v) is 9.11. The zero-order valence-corrected chi connectivity index (χ0v) is 15.4. The molecule has 0 spiro atoms. The Hall–Kier alpha value is 0.0169. The van der Waals surface area contributed by atoms with Gasteiger partial charge in [0.05, 0.1) is 11.8 Å². The molecule has 0 saturated heterocycles. The summed E-state index contributed by atoms with van der Waals surface area (Å²) in [4.78, 5) is 0. The van der Waals surface area contributed by atoms with Crippen LogP contribution >= 0.6 is 0 Å². The fraction of sp³-hybridized carbons (Fsp3) is 1.00. The summed E-state index contributed by atoms with van der Waals surface area (Å²) >= 11 is 0. The fourth-order valence-electron chi connectivity index (χ4n) is 3.24. The van der Waals surface area contributed by atoms with Crippen LogP contribution < -0.4 is 10.6 Å². The molecule has 0 aliphatic heterocycles. The molecule has 2 unspecified atom stereocenters. The van der Waals surface area contributed by atoms with Crippen LogP contribution in [0.15, 0.2) is 0 Å². The maximum Gasteiger partial charge on any atom is 0.518 e. The molecule has 0 amide bonds. The van der Waals surface area contributed by atoms with E-state index < -0.39 is 8.80 Å². The van der Waals surface area contributed by atoms with Gasteiger partial charge in [-0.2, -0.15) is 0 Å². The summed E-state index contributed by atoms with van der Waals surface area (Å²) in [5, 5.41) is 7.18. The van der Waals surface area contributed by atoms with Crippen molar-refractivity contribution in [2.45, 2.75) is 64.2 Å². The molecule has 5 nitrogen and oxygen atoms in total. The number of nitrogens with one attached hydrogen (secondary N) is 2. The van der Waals surface area contributed by atoms with Gasteiger partial charge in [0.2, 0.25) is 0 Å². The van der Waals surface area contributed by atoms with E-state index in [4.69, 9.17) is 13.3 Å². The van der Waals surface area contributed by atoms with E-state index in [2.05, 4.69) is 24.5 Å². The lowest BCUT2D eigenvalue weighted by molar-refractivity contribution is 0.103. The molecule has 0 aromatic rings. The molecule has 0 aromatic heterocycles. The molecular weight excluding hydrogens is 284 g/mol. The standard InChI is InChI=1S/C15H34N2O3Si/c1-6-15(21(18-3,19-4)20-5)17-13(2)16-12-14-10-8-7-9-11-14/h13-17H,6-12H2,1-5H3. The van der Waals surface area contributed by atoms with Gasteiger partial charge in [-0.1, -0.05) is 26.2 Å².